The highest BCUT2D eigenvalue weighted by molar-refractivity contribution is 7.10. The van der Waals surface area contributed by atoms with Crippen molar-refractivity contribution in [3.63, 3.8) is 0 Å². The van der Waals surface area contributed by atoms with Crippen molar-refractivity contribution in [1.82, 2.24) is 0 Å². The van der Waals surface area contributed by atoms with E-state index in [9.17, 15) is 5.11 Å². The van der Waals surface area contributed by atoms with Gasteiger partial charge in [0, 0.05) is 28.3 Å². The van der Waals surface area contributed by atoms with E-state index in [0.717, 1.165) is 21.4 Å². The van der Waals surface area contributed by atoms with E-state index in [-0.39, 0.29) is 5.92 Å². The number of furan rings is 1. The molecule has 2 atom stereocenters. The summed E-state index contributed by atoms with van der Waals surface area (Å²) < 4.78 is 5.48. The molecule has 2 unspecified atom stereocenters. The fourth-order valence-corrected chi connectivity index (χ4v) is 3.22. The summed E-state index contributed by atoms with van der Waals surface area (Å²) in [6, 6.07) is 11.7. The summed E-state index contributed by atoms with van der Waals surface area (Å²) in [5.74, 6) is -0.0963. The minimum atomic E-state index is -0.646. The zero-order chi connectivity index (χ0) is 13.2. The van der Waals surface area contributed by atoms with Gasteiger partial charge in [0.25, 0.3) is 0 Å². The van der Waals surface area contributed by atoms with Crippen LogP contribution in [0.3, 0.4) is 0 Å². The molecule has 1 aromatic carbocycles. The monoisotopic (exact) mass is 273 g/mol. The minimum Gasteiger partial charge on any atom is -0.464 e. The Morgan fingerprint density at radius 2 is 2.05 bits per heavy atom. The van der Waals surface area contributed by atoms with Crippen molar-refractivity contribution in [2.45, 2.75) is 12.0 Å². The van der Waals surface area contributed by atoms with E-state index < -0.39 is 6.10 Å². The third-order valence-corrected chi connectivity index (χ3v) is 4.38. The van der Waals surface area contributed by atoms with Gasteiger partial charge in [0.2, 0.25) is 0 Å². The van der Waals surface area contributed by atoms with Crippen LogP contribution in [0.2, 0.25) is 0 Å². The highest BCUT2D eigenvalue weighted by Crippen LogP contribution is 2.36. The molecule has 0 aliphatic carbocycles. The summed E-state index contributed by atoms with van der Waals surface area (Å²) in [4.78, 5) is 1.10. The largest absolute Gasteiger partial charge is 0.464 e. The molecule has 3 aromatic rings. The highest BCUT2D eigenvalue weighted by atomic mass is 32.1. The molecule has 0 spiro atoms. The molecule has 2 aromatic heterocycles. The van der Waals surface area contributed by atoms with Crippen LogP contribution in [0.25, 0.3) is 11.0 Å². The molecule has 0 radical (unpaired) electrons. The molecule has 0 amide bonds. The average molecular weight is 273 g/mol. The third-order valence-electron chi connectivity index (χ3n) is 3.37. The number of aliphatic hydroxyl groups is 1. The standard InChI is InChI=1S/C15H15NO2S/c16-8-11(14-6-3-7-19-14)15(17)12-9-18-13-5-2-1-4-10(12)13/h1-7,9,11,15,17H,8,16H2. The molecule has 3 nitrogen and oxygen atoms in total. The number of hydrogen-bond acceptors (Lipinski definition) is 4. The average Bonchev–Trinajstić information content (AvgIpc) is 3.08. The van der Waals surface area contributed by atoms with Crippen molar-refractivity contribution in [3.8, 4) is 0 Å². The van der Waals surface area contributed by atoms with E-state index >= 15 is 0 Å². The maximum absolute atomic E-state index is 10.6. The van der Waals surface area contributed by atoms with Crippen molar-refractivity contribution in [2.75, 3.05) is 6.54 Å². The second kappa shape index (κ2) is 5.17. The van der Waals surface area contributed by atoms with Gasteiger partial charge in [0.1, 0.15) is 5.58 Å². The lowest BCUT2D eigenvalue weighted by atomic mass is 9.94. The van der Waals surface area contributed by atoms with Gasteiger partial charge in [-0.05, 0) is 17.5 Å². The molecule has 0 saturated carbocycles. The molecule has 0 aliphatic rings. The van der Waals surface area contributed by atoms with Crippen molar-refractivity contribution in [3.05, 3.63) is 58.5 Å². The van der Waals surface area contributed by atoms with E-state index in [4.69, 9.17) is 10.2 Å². The smallest absolute Gasteiger partial charge is 0.134 e. The zero-order valence-corrected chi connectivity index (χ0v) is 11.1. The van der Waals surface area contributed by atoms with Crippen molar-refractivity contribution < 1.29 is 9.52 Å². The van der Waals surface area contributed by atoms with E-state index in [1.165, 1.54) is 0 Å². The molecule has 0 saturated heterocycles. The van der Waals surface area contributed by atoms with Gasteiger partial charge in [-0.2, -0.15) is 0 Å². The lowest BCUT2D eigenvalue weighted by Gasteiger charge is -2.19. The van der Waals surface area contributed by atoms with E-state index in [1.54, 1.807) is 17.6 Å². The first-order chi connectivity index (χ1) is 9.31. The van der Waals surface area contributed by atoms with Gasteiger partial charge in [-0.3, -0.25) is 0 Å². The maximum atomic E-state index is 10.6. The SMILES string of the molecule is NCC(c1cccs1)C(O)c1coc2ccccc12. The Bertz CT molecular complexity index is 660. The Kier molecular flexibility index (Phi) is 3.38. The summed E-state index contributed by atoms with van der Waals surface area (Å²) in [5.41, 5.74) is 7.43. The number of rotatable bonds is 4. The van der Waals surface area contributed by atoms with Crippen LogP contribution in [0.4, 0.5) is 0 Å². The number of hydrogen-bond donors (Lipinski definition) is 2. The van der Waals surface area contributed by atoms with Gasteiger partial charge in [-0.1, -0.05) is 24.3 Å². The topological polar surface area (TPSA) is 59.4 Å². The number of benzene rings is 1. The lowest BCUT2D eigenvalue weighted by Crippen LogP contribution is -2.19. The number of nitrogens with two attached hydrogens (primary N) is 1. The Morgan fingerprint density at radius 3 is 2.79 bits per heavy atom. The van der Waals surface area contributed by atoms with Crippen LogP contribution in [0.15, 0.2) is 52.5 Å². The van der Waals surface area contributed by atoms with Gasteiger partial charge in [0.15, 0.2) is 0 Å². The number of fused-ring (bicyclic) bond motifs is 1. The summed E-state index contributed by atoms with van der Waals surface area (Å²) in [7, 11) is 0. The third kappa shape index (κ3) is 2.18. The van der Waals surface area contributed by atoms with Crippen LogP contribution in [-0.4, -0.2) is 11.7 Å². The number of thiophene rings is 1. The second-order valence-corrected chi connectivity index (χ2v) is 5.47. The molecule has 2 heterocycles. The molecule has 3 rings (SSSR count). The van der Waals surface area contributed by atoms with Crippen LogP contribution >= 0.6 is 11.3 Å². The molecule has 0 bridgehead atoms. The summed E-state index contributed by atoms with van der Waals surface area (Å²) >= 11 is 1.62. The van der Waals surface area contributed by atoms with E-state index in [0.29, 0.717) is 6.54 Å². The quantitative estimate of drug-likeness (QED) is 0.767. The van der Waals surface area contributed by atoms with Crippen LogP contribution in [0.5, 0.6) is 0 Å². The maximum Gasteiger partial charge on any atom is 0.134 e. The van der Waals surface area contributed by atoms with Gasteiger partial charge < -0.3 is 15.3 Å². The molecular weight excluding hydrogens is 258 g/mol. The van der Waals surface area contributed by atoms with Crippen LogP contribution in [0.1, 0.15) is 22.5 Å². The van der Waals surface area contributed by atoms with E-state index in [1.807, 2.05) is 41.8 Å². The van der Waals surface area contributed by atoms with Crippen LogP contribution in [-0.2, 0) is 0 Å². The zero-order valence-electron chi connectivity index (χ0n) is 10.3. The van der Waals surface area contributed by atoms with Crippen molar-refractivity contribution in [2.24, 2.45) is 5.73 Å². The van der Waals surface area contributed by atoms with Gasteiger partial charge in [-0.25, -0.2) is 0 Å². The first-order valence-electron chi connectivity index (χ1n) is 6.19. The first-order valence-corrected chi connectivity index (χ1v) is 7.07. The summed E-state index contributed by atoms with van der Waals surface area (Å²) in [6.45, 7) is 0.404. The van der Waals surface area contributed by atoms with Gasteiger partial charge >= 0.3 is 0 Å². The molecular formula is C15H15NO2S. The number of para-hydroxylation sites is 1. The molecule has 19 heavy (non-hydrogen) atoms. The number of aliphatic hydroxyl groups excluding tert-OH is 1. The fourth-order valence-electron chi connectivity index (χ4n) is 2.35. The Balaban J connectivity index is 2.01. The van der Waals surface area contributed by atoms with Crippen LogP contribution in [0, 0.1) is 0 Å². The second-order valence-electron chi connectivity index (χ2n) is 4.49. The van der Waals surface area contributed by atoms with E-state index in [2.05, 4.69) is 0 Å². The molecule has 0 aliphatic heterocycles. The molecule has 0 fully saturated rings. The predicted molar refractivity (Wildman–Crippen MR) is 77.3 cm³/mol. The van der Waals surface area contributed by atoms with Gasteiger partial charge in [-0.15, -0.1) is 11.3 Å². The Labute approximate surface area is 115 Å². The molecule has 98 valence electrons. The summed E-state index contributed by atoms with van der Waals surface area (Å²) in [6.07, 6.45) is 0.985. The fraction of sp³-hybridized carbons (Fsp3) is 0.200. The Morgan fingerprint density at radius 1 is 1.21 bits per heavy atom. The highest BCUT2D eigenvalue weighted by Gasteiger charge is 2.25. The predicted octanol–water partition coefficient (Wildman–Crippen LogP) is 3.27. The Hall–Kier alpha value is -1.62. The lowest BCUT2D eigenvalue weighted by molar-refractivity contribution is 0.149. The first kappa shape index (κ1) is 12.4. The minimum absolute atomic E-state index is 0.0963. The van der Waals surface area contributed by atoms with Gasteiger partial charge in [0.05, 0.1) is 12.4 Å². The normalized spacial score (nSPS) is 14.6. The van der Waals surface area contributed by atoms with Crippen LogP contribution < -0.4 is 5.73 Å². The molecule has 3 N–H and O–H groups in total. The van der Waals surface area contributed by atoms with Crippen molar-refractivity contribution >= 4 is 22.3 Å². The molecule has 4 heteroatoms. The summed E-state index contributed by atoms with van der Waals surface area (Å²) in [5, 5.41) is 13.6. The van der Waals surface area contributed by atoms with Crippen molar-refractivity contribution in [1.29, 1.82) is 0 Å².